The van der Waals surface area contributed by atoms with Gasteiger partial charge in [-0.3, -0.25) is 9.48 Å². The van der Waals surface area contributed by atoms with E-state index in [1.807, 2.05) is 24.3 Å². The van der Waals surface area contributed by atoms with Crippen molar-refractivity contribution in [3.05, 3.63) is 47.8 Å². The molecule has 1 N–H and O–H groups in total. The Hall–Kier alpha value is -2.34. The molecule has 1 aliphatic rings. The second-order valence-corrected chi connectivity index (χ2v) is 5.48. The van der Waals surface area contributed by atoms with E-state index in [2.05, 4.69) is 5.10 Å². The molecule has 1 aromatic heterocycles. The fourth-order valence-corrected chi connectivity index (χ4v) is 2.93. The van der Waals surface area contributed by atoms with E-state index in [1.54, 1.807) is 36.0 Å². The Morgan fingerprint density at radius 2 is 2.23 bits per heavy atom. The zero-order chi connectivity index (χ0) is 15.7. The van der Waals surface area contributed by atoms with E-state index < -0.39 is 6.10 Å². The van der Waals surface area contributed by atoms with Gasteiger partial charge in [-0.2, -0.15) is 5.10 Å². The molecule has 2 atom stereocenters. The molecule has 6 heteroatoms. The van der Waals surface area contributed by atoms with Gasteiger partial charge in [-0.15, -0.1) is 0 Å². The summed E-state index contributed by atoms with van der Waals surface area (Å²) in [5.74, 6) is 0.621. The number of aliphatic hydroxyl groups excluding tert-OH is 1. The number of hydrogen-bond acceptors (Lipinski definition) is 4. The number of amides is 1. The van der Waals surface area contributed by atoms with Crippen molar-refractivity contribution in [2.75, 3.05) is 13.7 Å². The number of ether oxygens (including phenoxy) is 1. The summed E-state index contributed by atoms with van der Waals surface area (Å²) in [7, 11) is 3.35. The van der Waals surface area contributed by atoms with E-state index in [1.165, 1.54) is 0 Å². The van der Waals surface area contributed by atoms with Gasteiger partial charge < -0.3 is 14.7 Å². The molecule has 116 valence electrons. The maximum atomic E-state index is 12.7. The van der Waals surface area contributed by atoms with Crippen LogP contribution in [0.1, 0.15) is 28.5 Å². The molecule has 3 rings (SSSR count). The molecule has 0 radical (unpaired) electrons. The summed E-state index contributed by atoms with van der Waals surface area (Å²) >= 11 is 0. The Morgan fingerprint density at radius 3 is 2.91 bits per heavy atom. The molecule has 1 aromatic carbocycles. The predicted molar refractivity (Wildman–Crippen MR) is 80.6 cm³/mol. The second-order valence-electron chi connectivity index (χ2n) is 5.48. The number of aliphatic hydroxyl groups is 1. The fraction of sp³-hybridized carbons (Fsp3) is 0.375. The van der Waals surface area contributed by atoms with Crippen LogP contribution in [0.5, 0.6) is 5.75 Å². The van der Waals surface area contributed by atoms with E-state index in [0.717, 1.165) is 11.3 Å². The van der Waals surface area contributed by atoms with Gasteiger partial charge in [0.05, 0.1) is 19.3 Å². The first-order chi connectivity index (χ1) is 10.6. The Balaban J connectivity index is 1.92. The van der Waals surface area contributed by atoms with Crippen LogP contribution in [0.3, 0.4) is 0 Å². The molecule has 1 aliphatic heterocycles. The van der Waals surface area contributed by atoms with Crippen LogP contribution in [0.2, 0.25) is 0 Å². The number of aromatic nitrogens is 2. The van der Waals surface area contributed by atoms with Crippen LogP contribution in [0.15, 0.2) is 36.5 Å². The van der Waals surface area contributed by atoms with Gasteiger partial charge in [0.2, 0.25) is 0 Å². The Labute approximate surface area is 128 Å². The minimum atomic E-state index is -0.520. The molecule has 0 aliphatic carbocycles. The maximum Gasteiger partial charge on any atom is 0.272 e. The van der Waals surface area contributed by atoms with Crippen LogP contribution in [-0.4, -0.2) is 45.5 Å². The van der Waals surface area contributed by atoms with Crippen LogP contribution in [-0.2, 0) is 7.05 Å². The molecular weight excluding hydrogens is 282 g/mol. The summed E-state index contributed by atoms with van der Waals surface area (Å²) in [4.78, 5) is 14.4. The van der Waals surface area contributed by atoms with Crippen molar-refractivity contribution in [3.8, 4) is 5.75 Å². The first-order valence-electron chi connectivity index (χ1n) is 7.21. The van der Waals surface area contributed by atoms with Gasteiger partial charge in [-0.25, -0.2) is 0 Å². The molecule has 0 spiro atoms. The zero-order valence-electron chi connectivity index (χ0n) is 12.6. The lowest BCUT2D eigenvalue weighted by atomic mass is 10.0. The van der Waals surface area contributed by atoms with E-state index in [9.17, 15) is 9.90 Å². The molecule has 2 aromatic rings. The number of methoxy groups -OCH3 is 1. The first-order valence-corrected chi connectivity index (χ1v) is 7.21. The van der Waals surface area contributed by atoms with Gasteiger partial charge >= 0.3 is 0 Å². The third-order valence-corrected chi connectivity index (χ3v) is 4.06. The van der Waals surface area contributed by atoms with Crippen molar-refractivity contribution in [2.45, 2.75) is 18.6 Å². The van der Waals surface area contributed by atoms with Gasteiger partial charge in [-0.1, -0.05) is 12.1 Å². The molecule has 0 saturated carbocycles. The minimum absolute atomic E-state index is 0.121. The van der Waals surface area contributed by atoms with E-state index in [-0.39, 0.29) is 11.9 Å². The largest absolute Gasteiger partial charge is 0.497 e. The minimum Gasteiger partial charge on any atom is -0.497 e. The fourth-order valence-electron chi connectivity index (χ4n) is 2.93. The molecular formula is C16H19N3O3. The SMILES string of the molecule is COc1cccc([C@H]2C[C@H](O)CN2C(=O)c2ccnn2C)c1. The number of aryl methyl sites for hydroxylation is 1. The normalized spacial score (nSPS) is 21.1. The summed E-state index contributed by atoms with van der Waals surface area (Å²) in [6.45, 7) is 0.325. The number of carbonyl (C=O) groups is 1. The Morgan fingerprint density at radius 1 is 1.41 bits per heavy atom. The zero-order valence-corrected chi connectivity index (χ0v) is 12.6. The van der Waals surface area contributed by atoms with Crippen LogP contribution < -0.4 is 4.74 Å². The molecule has 0 unspecified atom stereocenters. The van der Waals surface area contributed by atoms with Gasteiger partial charge in [0.25, 0.3) is 5.91 Å². The van der Waals surface area contributed by atoms with Crippen molar-refractivity contribution in [1.29, 1.82) is 0 Å². The number of carbonyl (C=O) groups excluding carboxylic acids is 1. The van der Waals surface area contributed by atoms with Gasteiger partial charge in [-0.05, 0) is 30.2 Å². The van der Waals surface area contributed by atoms with E-state index in [4.69, 9.17) is 4.74 Å². The predicted octanol–water partition coefficient (Wildman–Crippen LogP) is 1.38. The molecule has 22 heavy (non-hydrogen) atoms. The standard InChI is InChI=1S/C16H19N3O3/c1-18-14(6-7-17-18)16(21)19-10-12(20)9-15(19)11-4-3-5-13(8-11)22-2/h3-8,12,15,20H,9-10H2,1-2H3/t12-,15+/m0/s1. The highest BCUT2D eigenvalue weighted by molar-refractivity contribution is 5.93. The number of nitrogens with zero attached hydrogens (tertiary/aromatic N) is 3. The lowest BCUT2D eigenvalue weighted by Gasteiger charge is -2.25. The number of likely N-dealkylation sites (tertiary alicyclic amines) is 1. The number of hydrogen-bond donors (Lipinski definition) is 1. The Bertz CT molecular complexity index is 683. The quantitative estimate of drug-likeness (QED) is 0.930. The average Bonchev–Trinajstić information content (AvgIpc) is 3.12. The maximum absolute atomic E-state index is 12.7. The summed E-state index contributed by atoms with van der Waals surface area (Å²) in [6.07, 6.45) is 1.60. The molecule has 2 heterocycles. The molecule has 1 saturated heterocycles. The van der Waals surface area contributed by atoms with Gasteiger partial charge in [0, 0.05) is 19.8 Å². The topological polar surface area (TPSA) is 67.6 Å². The van der Waals surface area contributed by atoms with Crippen LogP contribution in [0.4, 0.5) is 0 Å². The summed E-state index contributed by atoms with van der Waals surface area (Å²) in [6, 6.07) is 9.15. The van der Waals surface area contributed by atoms with Crippen molar-refractivity contribution < 1.29 is 14.6 Å². The highest BCUT2D eigenvalue weighted by atomic mass is 16.5. The molecule has 6 nitrogen and oxygen atoms in total. The summed E-state index contributed by atoms with van der Waals surface area (Å²) < 4.78 is 6.80. The smallest absolute Gasteiger partial charge is 0.272 e. The highest BCUT2D eigenvalue weighted by Crippen LogP contribution is 2.34. The first kappa shape index (κ1) is 14.6. The number of rotatable bonds is 3. The van der Waals surface area contributed by atoms with Crippen molar-refractivity contribution >= 4 is 5.91 Å². The third kappa shape index (κ3) is 2.57. The van der Waals surface area contributed by atoms with Gasteiger partial charge in [0.15, 0.2) is 0 Å². The van der Waals surface area contributed by atoms with Crippen LogP contribution in [0.25, 0.3) is 0 Å². The lowest BCUT2D eigenvalue weighted by molar-refractivity contribution is 0.0704. The monoisotopic (exact) mass is 301 g/mol. The lowest BCUT2D eigenvalue weighted by Crippen LogP contribution is -2.33. The van der Waals surface area contributed by atoms with Crippen molar-refractivity contribution in [2.24, 2.45) is 7.05 Å². The van der Waals surface area contributed by atoms with Gasteiger partial charge in [0.1, 0.15) is 11.4 Å². The molecule has 0 bridgehead atoms. The Kier molecular flexibility index (Phi) is 3.85. The van der Waals surface area contributed by atoms with Crippen LogP contribution in [0, 0.1) is 0 Å². The average molecular weight is 301 g/mol. The summed E-state index contributed by atoms with van der Waals surface area (Å²) in [5.41, 5.74) is 1.48. The molecule has 1 amide bonds. The number of β-amino-alcohol motifs (C(OH)–C–C–N with tert-alkyl or cyclic N) is 1. The second kappa shape index (κ2) is 5.81. The summed E-state index contributed by atoms with van der Waals surface area (Å²) in [5, 5.41) is 14.1. The van der Waals surface area contributed by atoms with Crippen molar-refractivity contribution in [3.63, 3.8) is 0 Å². The number of benzene rings is 1. The molecule has 1 fully saturated rings. The van der Waals surface area contributed by atoms with E-state index >= 15 is 0 Å². The third-order valence-electron chi connectivity index (χ3n) is 4.06. The van der Waals surface area contributed by atoms with Crippen LogP contribution >= 0.6 is 0 Å². The van der Waals surface area contributed by atoms with E-state index in [0.29, 0.717) is 18.7 Å². The highest BCUT2D eigenvalue weighted by Gasteiger charge is 2.36. The van der Waals surface area contributed by atoms with Crippen molar-refractivity contribution in [1.82, 2.24) is 14.7 Å².